The van der Waals surface area contributed by atoms with Crippen LogP contribution in [0.25, 0.3) is 0 Å². The number of carbonyl (C=O) groups excluding carboxylic acids is 2. The van der Waals surface area contributed by atoms with E-state index >= 15 is 0 Å². The summed E-state index contributed by atoms with van der Waals surface area (Å²) < 4.78 is 30.6. The van der Waals surface area contributed by atoms with Gasteiger partial charge in [-0.15, -0.1) is 0 Å². The first-order valence-electron chi connectivity index (χ1n) is 4.84. The highest BCUT2D eigenvalue weighted by atomic mass is 19.3. The van der Waals surface area contributed by atoms with Gasteiger partial charge in [0.05, 0.1) is 13.0 Å². The molecule has 0 rings (SSSR count). The smallest absolute Gasteiger partial charge is 0.308 e. The van der Waals surface area contributed by atoms with Gasteiger partial charge >= 0.3 is 11.9 Å². The quantitative estimate of drug-likeness (QED) is 0.705. The summed E-state index contributed by atoms with van der Waals surface area (Å²) in [6.45, 7) is 4.10. The van der Waals surface area contributed by atoms with E-state index in [4.69, 9.17) is 0 Å². The predicted molar refractivity (Wildman–Crippen MR) is 54.1 cm³/mol. The van der Waals surface area contributed by atoms with Crippen LogP contribution in [0.2, 0.25) is 0 Å². The van der Waals surface area contributed by atoms with Crippen molar-refractivity contribution in [1.82, 2.24) is 0 Å². The lowest BCUT2D eigenvalue weighted by Crippen LogP contribution is -2.10. The molecule has 0 N–H and O–H groups in total. The number of halogens is 2. The van der Waals surface area contributed by atoms with Crippen molar-refractivity contribution in [1.29, 1.82) is 0 Å². The van der Waals surface area contributed by atoms with Crippen LogP contribution < -0.4 is 0 Å². The van der Waals surface area contributed by atoms with Gasteiger partial charge in [-0.05, 0) is 6.42 Å². The molecule has 96 valence electrons. The van der Waals surface area contributed by atoms with Gasteiger partial charge in [0.15, 0.2) is 6.61 Å². The Hall–Kier alpha value is -1.20. The van der Waals surface area contributed by atoms with Crippen LogP contribution in [0.3, 0.4) is 0 Å². The average Bonchev–Trinajstić information content (AvgIpc) is 2.25. The van der Waals surface area contributed by atoms with Gasteiger partial charge in [-0.25, -0.2) is 8.78 Å². The summed E-state index contributed by atoms with van der Waals surface area (Å²) in [5, 5.41) is 0. The second-order valence-electron chi connectivity index (χ2n) is 3.03. The second-order valence-corrected chi connectivity index (χ2v) is 3.03. The average molecular weight is 240 g/mol. The van der Waals surface area contributed by atoms with Gasteiger partial charge in [-0.3, -0.25) is 9.59 Å². The van der Waals surface area contributed by atoms with Gasteiger partial charge < -0.3 is 9.47 Å². The van der Waals surface area contributed by atoms with E-state index in [9.17, 15) is 18.4 Å². The van der Waals surface area contributed by atoms with E-state index in [1.807, 2.05) is 13.8 Å². The normalized spacial score (nSPS) is 11.2. The van der Waals surface area contributed by atoms with Gasteiger partial charge in [-0.1, -0.05) is 13.8 Å². The van der Waals surface area contributed by atoms with E-state index in [0.717, 1.165) is 13.3 Å². The Labute approximate surface area is 93.9 Å². The molecule has 0 spiro atoms. The highest BCUT2D eigenvalue weighted by Crippen LogP contribution is 2.00. The van der Waals surface area contributed by atoms with E-state index in [2.05, 4.69) is 9.47 Å². The Bertz CT molecular complexity index is 207. The Morgan fingerprint density at radius 2 is 1.81 bits per heavy atom. The van der Waals surface area contributed by atoms with Gasteiger partial charge in [0.25, 0.3) is 6.43 Å². The van der Waals surface area contributed by atoms with Crippen molar-refractivity contribution in [2.24, 2.45) is 5.92 Å². The summed E-state index contributed by atoms with van der Waals surface area (Å²) >= 11 is 0. The van der Waals surface area contributed by atoms with Crippen LogP contribution in [0.15, 0.2) is 0 Å². The third-order valence-electron chi connectivity index (χ3n) is 1.63. The Balaban J connectivity index is 0. The highest BCUT2D eigenvalue weighted by molar-refractivity contribution is 5.71. The van der Waals surface area contributed by atoms with E-state index < -0.39 is 19.0 Å². The lowest BCUT2D eigenvalue weighted by Gasteiger charge is -2.02. The third kappa shape index (κ3) is 12.8. The van der Waals surface area contributed by atoms with E-state index in [1.165, 1.54) is 7.11 Å². The van der Waals surface area contributed by atoms with Crippen LogP contribution in [-0.4, -0.2) is 32.1 Å². The van der Waals surface area contributed by atoms with Gasteiger partial charge in [-0.2, -0.15) is 0 Å². The summed E-state index contributed by atoms with van der Waals surface area (Å²) in [6.07, 6.45) is -1.70. The minimum atomic E-state index is -2.56. The molecule has 1 unspecified atom stereocenters. The Morgan fingerprint density at radius 1 is 1.31 bits per heavy atom. The Kier molecular flexibility index (Phi) is 11.1. The molecule has 0 radical (unpaired) electrons. The van der Waals surface area contributed by atoms with E-state index in [-0.39, 0.29) is 11.9 Å². The largest absolute Gasteiger partial charge is 0.469 e. The first-order valence-corrected chi connectivity index (χ1v) is 4.84. The molecule has 0 aliphatic heterocycles. The van der Waals surface area contributed by atoms with Crippen molar-refractivity contribution in [2.45, 2.75) is 33.6 Å². The molecule has 0 saturated heterocycles. The molecule has 16 heavy (non-hydrogen) atoms. The number of ether oxygens (including phenoxy) is 2. The minimum absolute atomic E-state index is 0.0556. The van der Waals surface area contributed by atoms with Crippen LogP contribution in [0, 0.1) is 5.92 Å². The standard InChI is InChI=1S/C6H12O2.C4H6F2O2/c1-4-5(2)6(7)8-3;1-3(7)8-2-4(5)6/h5H,4H2,1-3H3;4H,2H2,1H3. The molecule has 0 amide bonds. The molecule has 0 aromatic rings. The van der Waals surface area contributed by atoms with Crippen LogP contribution >= 0.6 is 0 Å². The molecular weight excluding hydrogens is 222 g/mol. The molecule has 4 nitrogen and oxygen atoms in total. The number of alkyl halides is 2. The van der Waals surface area contributed by atoms with Crippen molar-refractivity contribution in [3.8, 4) is 0 Å². The first-order chi connectivity index (χ1) is 7.34. The molecule has 1 atom stereocenters. The predicted octanol–water partition coefficient (Wildman–Crippen LogP) is 2.02. The zero-order chi connectivity index (χ0) is 13.1. The second kappa shape index (κ2) is 10.3. The highest BCUT2D eigenvalue weighted by Gasteiger charge is 2.08. The monoisotopic (exact) mass is 240 g/mol. The molecule has 0 bridgehead atoms. The van der Waals surface area contributed by atoms with E-state index in [0.29, 0.717) is 0 Å². The lowest BCUT2D eigenvalue weighted by molar-refractivity contribution is -0.145. The maximum atomic E-state index is 11.1. The minimum Gasteiger partial charge on any atom is -0.469 e. The Morgan fingerprint density at radius 3 is 1.94 bits per heavy atom. The maximum Gasteiger partial charge on any atom is 0.308 e. The topological polar surface area (TPSA) is 52.6 Å². The van der Waals surface area contributed by atoms with Crippen molar-refractivity contribution in [2.75, 3.05) is 13.7 Å². The first kappa shape index (κ1) is 17.2. The molecule has 0 aliphatic carbocycles. The zero-order valence-corrected chi connectivity index (χ0v) is 9.96. The summed E-state index contributed by atoms with van der Waals surface area (Å²) in [5.74, 6) is -0.738. The molecule has 0 fully saturated rings. The lowest BCUT2D eigenvalue weighted by atomic mass is 10.1. The van der Waals surface area contributed by atoms with Crippen molar-refractivity contribution in [3.63, 3.8) is 0 Å². The van der Waals surface area contributed by atoms with Gasteiger partial charge in [0.1, 0.15) is 0 Å². The summed E-state index contributed by atoms with van der Waals surface area (Å²) in [6, 6.07) is 0. The number of rotatable bonds is 4. The summed E-state index contributed by atoms with van der Waals surface area (Å²) in [5.41, 5.74) is 0. The van der Waals surface area contributed by atoms with Gasteiger partial charge in [0.2, 0.25) is 0 Å². The van der Waals surface area contributed by atoms with Crippen molar-refractivity contribution >= 4 is 11.9 Å². The number of carbonyl (C=O) groups is 2. The van der Waals surface area contributed by atoms with E-state index in [1.54, 1.807) is 0 Å². The van der Waals surface area contributed by atoms with Crippen LogP contribution in [0.1, 0.15) is 27.2 Å². The number of esters is 2. The van der Waals surface area contributed by atoms with Crippen molar-refractivity contribution in [3.05, 3.63) is 0 Å². The number of methoxy groups -OCH3 is 1. The fraction of sp³-hybridized carbons (Fsp3) is 0.800. The van der Waals surface area contributed by atoms with Crippen molar-refractivity contribution < 1.29 is 27.8 Å². The molecule has 0 saturated carbocycles. The molecular formula is C10H18F2O4. The van der Waals surface area contributed by atoms with Crippen LogP contribution in [-0.2, 0) is 19.1 Å². The molecule has 0 heterocycles. The molecule has 0 aliphatic rings. The maximum absolute atomic E-state index is 11.1. The van der Waals surface area contributed by atoms with Crippen LogP contribution in [0.4, 0.5) is 8.78 Å². The third-order valence-corrected chi connectivity index (χ3v) is 1.63. The van der Waals surface area contributed by atoms with Gasteiger partial charge in [0, 0.05) is 6.92 Å². The SMILES string of the molecule is CC(=O)OCC(F)F.CCC(C)C(=O)OC. The fourth-order valence-corrected chi connectivity index (χ4v) is 0.548. The zero-order valence-electron chi connectivity index (χ0n) is 9.96. The fourth-order valence-electron chi connectivity index (χ4n) is 0.548. The van der Waals surface area contributed by atoms with Crippen LogP contribution in [0.5, 0.6) is 0 Å². The molecule has 0 aromatic heterocycles. The number of hydrogen-bond donors (Lipinski definition) is 0. The summed E-state index contributed by atoms with van der Waals surface area (Å²) in [7, 11) is 1.41. The number of hydrogen-bond acceptors (Lipinski definition) is 4. The molecule has 6 heteroatoms. The summed E-state index contributed by atoms with van der Waals surface area (Å²) in [4.78, 5) is 20.3. The molecule has 0 aromatic carbocycles.